The van der Waals surface area contributed by atoms with E-state index in [9.17, 15) is 4.39 Å². The van der Waals surface area contributed by atoms with Crippen LogP contribution < -0.4 is 15.4 Å². The van der Waals surface area contributed by atoms with Crippen LogP contribution in [0.3, 0.4) is 0 Å². The van der Waals surface area contributed by atoms with Crippen molar-refractivity contribution in [2.75, 3.05) is 24.3 Å². The SMILES string of the molecule is COc1ccc(Nc2nc(Cl)nc(NCCCCCCCC3CCCCC3)n2)cc1F. The maximum absolute atomic E-state index is 13.9. The zero-order valence-corrected chi connectivity index (χ0v) is 19.1. The molecule has 2 aromatic rings. The number of nitrogens with one attached hydrogen (secondary N) is 2. The molecule has 1 aliphatic rings. The highest BCUT2D eigenvalue weighted by atomic mass is 35.5. The molecule has 0 unspecified atom stereocenters. The number of nitrogens with zero attached hydrogens (tertiary/aromatic N) is 3. The predicted octanol–water partition coefficient (Wildman–Crippen LogP) is 6.75. The van der Waals surface area contributed by atoms with Crippen LogP contribution in [0.1, 0.15) is 70.6 Å². The third-order valence-electron chi connectivity index (χ3n) is 5.81. The van der Waals surface area contributed by atoms with Gasteiger partial charge < -0.3 is 15.4 Å². The second kappa shape index (κ2) is 12.6. The summed E-state index contributed by atoms with van der Waals surface area (Å²) < 4.78 is 18.8. The van der Waals surface area contributed by atoms with Crippen LogP contribution >= 0.6 is 11.6 Å². The molecule has 0 bridgehead atoms. The fourth-order valence-electron chi connectivity index (χ4n) is 4.12. The zero-order chi connectivity index (χ0) is 21.9. The third-order valence-corrected chi connectivity index (χ3v) is 5.98. The summed E-state index contributed by atoms with van der Waals surface area (Å²) in [4.78, 5) is 12.5. The molecule has 170 valence electrons. The lowest BCUT2D eigenvalue weighted by molar-refractivity contribution is 0.328. The molecule has 1 aromatic carbocycles. The first-order chi connectivity index (χ1) is 15.1. The molecule has 1 heterocycles. The molecule has 2 N–H and O–H groups in total. The predicted molar refractivity (Wildman–Crippen MR) is 124 cm³/mol. The van der Waals surface area contributed by atoms with E-state index < -0.39 is 5.82 Å². The van der Waals surface area contributed by atoms with Crippen LogP contribution in [-0.2, 0) is 0 Å². The summed E-state index contributed by atoms with van der Waals surface area (Å²) in [6.45, 7) is 0.777. The molecular weight excluding hydrogens is 417 g/mol. The lowest BCUT2D eigenvalue weighted by Crippen LogP contribution is -2.08. The normalized spacial score (nSPS) is 14.4. The average molecular weight is 450 g/mol. The van der Waals surface area contributed by atoms with Crippen LogP contribution in [0.2, 0.25) is 5.28 Å². The standard InChI is InChI=1S/C23H33ClFN5O/c1-31-20-14-13-18(16-19(20)25)27-23-29-21(24)28-22(30-23)26-15-9-4-2-3-6-10-17-11-7-5-8-12-17/h13-14,16-17H,2-12,15H2,1H3,(H2,26,27,28,29,30). The molecular formula is C23H33ClFN5O. The summed E-state index contributed by atoms with van der Waals surface area (Å²) in [5.41, 5.74) is 0.500. The molecule has 3 rings (SSSR count). The van der Waals surface area contributed by atoms with E-state index in [4.69, 9.17) is 16.3 Å². The van der Waals surface area contributed by atoms with Gasteiger partial charge in [-0.25, -0.2) is 4.39 Å². The first-order valence-corrected chi connectivity index (χ1v) is 11.8. The monoisotopic (exact) mass is 449 g/mol. The Kier molecular flexibility index (Phi) is 9.59. The van der Waals surface area contributed by atoms with Gasteiger partial charge in [-0.3, -0.25) is 0 Å². The number of hydrogen-bond donors (Lipinski definition) is 2. The minimum absolute atomic E-state index is 0.0803. The number of aromatic nitrogens is 3. The molecule has 0 amide bonds. The number of unbranched alkanes of at least 4 members (excludes halogenated alkanes) is 4. The molecule has 1 aliphatic carbocycles. The van der Waals surface area contributed by atoms with Crippen LogP contribution in [-0.4, -0.2) is 28.6 Å². The van der Waals surface area contributed by atoms with E-state index in [0.717, 1.165) is 18.9 Å². The molecule has 6 nitrogen and oxygen atoms in total. The summed E-state index contributed by atoms with van der Waals surface area (Å²) in [6.07, 6.45) is 14.8. The second-order valence-electron chi connectivity index (χ2n) is 8.21. The number of benzene rings is 1. The lowest BCUT2D eigenvalue weighted by Gasteiger charge is -2.21. The van der Waals surface area contributed by atoms with E-state index in [2.05, 4.69) is 25.6 Å². The molecule has 0 radical (unpaired) electrons. The van der Waals surface area contributed by atoms with Gasteiger partial charge in [-0.2, -0.15) is 15.0 Å². The Bertz CT molecular complexity index is 817. The van der Waals surface area contributed by atoms with Crippen LogP contribution in [0.4, 0.5) is 22.0 Å². The molecule has 1 saturated carbocycles. The van der Waals surface area contributed by atoms with Gasteiger partial charge in [-0.15, -0.1) is 0 Å². The summed E-state index contributed by atoms with van der Waals surface area (Å²) in [5.74, 6) is 1.37. The minimum Gasteiger partial charge on any atom is -0.494 e. The molecule has 0 atom stereocenters. The second-order valence-corrected chi connectivity index (χ2v) is 8.55. The van der Waals surface area contributed by atoms with Crippen molar-refractivity contribution in [3.05, 3.63) is 29.3 Å². The Hall–Kier alpha value is -2.15. The highest BCUT2D eigenvalue weighted by Gasteiger charge is 2.12. The van der Waals surface area contributed by atoms with Crippen molar-refractivity contribution in [2.24, 2.45) is 5.92 Å². The third kappa shape index (κ3) is 8.13. The maximum atomic E-state index is 13.9. The largest absolute Gasteiger partial charge is 0.494 e. The van der Waals surface area contributed by atoms with Crippen molar-refractivity contribution in [1.29, 1.82) is 0 Å². The minimum atomic E-state index is -0.468. The Morgan fingerprint density at radius 2 is 1.74 bits per heavy atom. The smallest absolute Gasteiger partial charge is 0.233 e. The maximum Gasteiger partial charge on any atom is 0.233 e. The fourth-order valence-corrected chi connectivity index (χ4v) is 4.28. The van der Waals surface area contributed by atoms with Gasteiger partial charge in [-0.1, -0.05) is 64.2 Å². The van der Waals surface area contributed by atoms with Gasteiger partial charge in [0.1, 0.15) is 0 Å². The van der Waals surface area contributed by atoms with Crippen molar-refractivity contribution in [1.82, 2.24) is 15.0 Å². The van der Waals surface area contributed by atoms with Gasteiger partial charge in [-0.05, 0) is 36.1 Å². The van der Waals surface area contributed by atoms with Crippen LogP contribution in [0, 0.1) is 11.7 Å². The van der Waals surface area contributed by atoms with E-state index in [0.29, 0.717) is 11.6 Å². The van der Waals surface area contributed by atoms with Crippen LogP contribution in [0.5, 0.6) is 5.75 Å². The first-order valence-electron chi connectivity index (χ1n) is 11.4. The van der Waals surface area contributed by atoms with Gasteiger partial charge in [0.25, 0.3) is 0 Å². The van der Waals surface area contributed by atoms with Crippen molar-refractivity contribution < 1.29 is 9.13 Å². The Labute approximate surface area is 189 Å². The molecule has 1 fully saturated rings. The topological polar surface area (TPSA) is 72.0 Å². The van der Waals surface area contributed by atoms with E-state index >= 15 is 0 Å². The fraction of sp³-hybridized carbons (Fsp3) is 0.609. The van der Waals surface area contributed by atoms with Crippen LogP contribution in [0.15, 0.2) is 18.2 Å². The van der Waals surface area contributed by atoms with E-state index in [1.54, 1.807) is 6.07 Å². The number of rotatable bonds is 12. The van der Waals surface area contributed by atoms with Crippen molar-refractivity contribution in [2.45, 2.75) is 70.6 Å². The summed E-state index contributed by atoms with van der Waals surface area (Å²) in [6, 6.07) is 4.54. The number of anilines is 3. The number of methoxy groups -OCH3 is 1. The molecule has 8 heteroatoms. The number of hydrogen-bond acceptors (Lipinski definition) is 6. The Morgan fingerprint density at radius 3 is 2.52 bits per heavy atom. The van der Waals surface area contributed by atoms with Gasteiger partial charge in [0.15, 0.2) is 11.6 Å². The number of ether oxygens (including phenoxy) is 1. The Balaban J connectivity index is 1.35. The highest BCUT2D eigenvalue weighted by Crippen LogP contribution is 2.28. The van der Waals surface area contributed by atoms with Gasteiger partial charge in [0.05, 0.1) is 7.11 Å². The number of halogens is 2. The molecule has 1 aromatic heterocycles. The van der Waals surface area contributed by atoms with Gasteiger partial charge in [0.2, 0.25) is 17.2 Å². The van der Waals surface area contributed by atoms with Gasteiger partial charge in [0, 0.05) is 18.3 Å². The van der Waals surface area contributed by atoms with Gasteiger partial charge >= 0.3 is 0 Å². The first kappa shape index (κ1) is 23.5. The molecule has 0 saturated heterocycles. The van der Waals surface area contributed by atoms with E-state index in [1.807, 2.05) is 0 Å². The molecule has 0 spiro atoms. The Morgan fingerprint density at radius 1 is 1.00 bits per heavy atom. The van der Waals surface area contributed by atoms with Crippen LogP contribution in [0.25, 0.3) is 0 Å². The van der Waals surface area contributed by atoms with E-state index in [1.165, 1.54) is 83.5 Å². The van der Waals surface area contributed by atoms with Crippen molar-refractivity contribution >= 4 is 29.2 Å². The molecule has 0 aliphatic heterocycles. The molecule has 31 heavy (non-hydrogen) atoms. The highest BCUT2D eigenvalue weighted by molar-refractivity contribution is 6.28. The van der Waals surface area contributed by atoms with E-state index in [-0.39, 0.29) is 17.0 Å². The average Bonchev–Trinajstić information content (AvgIpc) is 2.76. The summed E-state index contributed by atoms with van der Waals surface area (Å²) in [5, 5.41) is 6.23. The van der Waals surface area contributed by atoms with Crippen molar-refractivity contribution in [3.8, 4) is 5.75 Å². The quantitative estimate of drug-likeness (QED) is 0.349. The lowest BCUT2D eigenvalue weighted by atomic mass is 9.85. The van der Waals surface area contributed by atoms with Crippen molar-refractivity contribution in [3.63, 3.8) is 0 Å². The summed E-state index contributed by atoms with van der Waals surface area (Å²) >= 11 is 6.02. The zero-order valence-electron chi connectivity index (χ0n) is 18.3. The summed E-state index contributed by atoms with van der Waals surface area (Å²) in [7, 11) is 1.42.